The number of nitrogens with zero attached hydrogens (tertiary/aromatic N) is 3. The van der Waals surface area contributed by atoms with E-state index in [2.05, 4.69) is 28.8 Å². The van der Waals surface area contributed by atoms with Gasteiger partial charge in [-0.2, -0.15) is 0 Å². The zero-order valence-electron chi connectivity index (χ0n) is 7.28. The summed E-state index contributed by atoms with van der Waals surface area (Å²) < 4.78 is 0. The average molecular weight is 161 g/mol. The molecule has 2 rings (SSSR count). The first kappa shape index (κ1) is 7.40. The second-order valence-electron chi connectivity index (χ2n) is 3.23. The van der Waals surface area contributed by atoms with Crippen LogP contribution < -0.4 is 0 Å². The molecule has 0 amide bonds. The maximum Gasteiger partial charge on any atom is 0.158 e. The molecule has 0 N–H and O–H groups in total. The Labute approximate surface area is 71.6 Å². The second kappa shape index (κ2) is 2.66. The minimum atomic E-state index is 0.462. The Morgan fingerprint density at radius 2 is 2.17 bits per heavy atom. The molecule has 0 spiro atoms. The molecule has 0 radical (unpaired) electrons. The molecule has 1 aliphatic heterocycles. The predicted octanol–water partition coefficient (Wildman–Crippen LogP) is 1.86. The Balaban J connectivity index is 2.53. The Morgan fingerprint density at radius 3 is 2.92 bits per heavy atom. The normalized spacial score (nSPS) is 13.9. The molecule has 1 aliphatic rings. The Hall–Kier alpha value is -1.25. The number of hydrogen-bond acceptors (Lipinski definition) is 3. The van der Waals surface area contributed by atoms with Gasteiger partial charge >= 0.3 is 0 Å². The smallest absolute Gasteiger partial charge is 0.158 e. The molecule has 0 unspecified atom stereocenters. The molecule has 0 aromatic carbocycles. The molecule has 3 heteroatoms. The van der Waals surface area contributed by atoms with Gasteiger partial charge in [-0.25, -0.2) is 15.0 Å². The van der Waals surface area contributed by atoms with Crippen molar-refractivity contribution in [1.82, 2.24) is 9.97 Å². The highest BCUT2D eigenvalue weighted by molar-refractivity contribution is 5.74. The molecule has 3 nitrogen and oxygen atoms in total. The van der Waals surface area contributed by atoms with Gasteiger partial charge in [0, 0.05) is 18.2 Å². The lowest BCUT2D eigenvalue weighted by atomic mass is 10.0. The third-order valence-electron chi connectivity index (χ3n) is 2.01. The summed E-state index contributed by atoms with van der Waals surface area (Å²) in [4.78, 5) is 12.5. The molecule has 1 aromatic rings. The lowest BCUT2D eigenvalue weighted by Gasteiger charge is -2.07. The lowest BCUT2D eigenvalue weighted by Crippen LogP contribution is -1.99. The van der Waals surface area contributed by atoms with Crippen molar-refractivity contribution in [3.05, 3.63) is 17.6 Å². The maximum atomic E-state index is 4.26. The van der Waals surface area contributed by atoms with Crippen molar-refractivity contribution in [2.75, 3.05) is 0 Å². The van der Waals surface area contributed by atoms with Crippen LogP contribution in [0.2, 0.25) is 0 Å². The SMILES string of the molecule is CC(C)c1ncnc2c1CC=N2. The summed E-state index contributed by atoms with van der Waals surface area (Å²) >= 11 is 0. The molecule has 1 aromatic heterocycles. The minimum absolute atomic E-state index is 0.462. The first-order chi connectivity index (χ1) is 5.79. The summed E-state index contributed by atoms with van der Waals surface area (Å²) in [6.45, 7) is 4.28. The molecule has 2 heterocycles. The van der Waals surface area contributed by atoms with E-state index < -0.39 is 0 Å². The van der Waals surface area contributed by atoms with Crippen LogP contribution in [0.5, 0.6) is 0 Å². The molecule has 0 bridgehead atoms. The fourth-order valence-corrected chi connectivity index (χ4v) is 1.44. The van der Waals surface area contributed by atoms with Crippen LogP contribution in [0.15, 0.2) is 11.3 Å². The number of aliphatic imine (C=N–C) groups is 1. The van der Waals surface area contributed by atoms with Gasteiger partial charge in [0.25, 0.3) is 0 Å². The lowest BCUT2D eigenvalue weighted by molar-refractivity contribution is 0.801. The number of aromatic nitrogens is 2. The van der Waals surface area contributed by atoms with Gasteiger partial charge in [-0.1, -0.05) is 13.8 Å². The van der Waals surface area contributed by atoms with E-state index >= 15 is 0 Å². The molecule has 0 fully saturated rings. The standard InChI is InChI=1S/C9H11N3/c1-6(2)8-7-3-4-10-9(7)12-5-11-8/h4-6H,3H2,1-2H3. The zero-order chi connectivity index (χ0) is 8.55. The fraction of sp³-hybridized carbons (Fsp3) is 0.444. The summed E-state index contributed by atoms with van der Waals surface area (Å²) in [7, 11) is 0. The van der Waals surface area contributed by atoms with Crippen molar-refractivity contribution in [2.45, 2.75) is 26.2 Å². The van der Waals surface area contributed by atoms with Gasteiger partial charge in [-0.3, -0.25) is 0 Å². The summed E-state index contributed by atoms with van der Waals surface area (Å²) in [5.41, 5.74) is 2.34. The second-order valence-corrected chi connectivity index (χ2v) is 3.23. The molecule has 0 atom stereocenters. The van der Waals surface area contributed by atoms with E-state index in [0.29, 0.717) is 5.92 Å². The first-order valence-corrected chi connectivity index (χ1v) is 4.15. The van der Waals surface area contributed by atoms with E-state index in [1.54, 1.807) is 6.33 Å². The summed E-state index contributed by atoms with van der Waals surface area (Å²) in [6.07, 6.45) is 4.38. The Kier molecular flexibility index (Phi) is 1.64. The molecule has 62 valence electrons. The third kappa shape index (κ3) is 1.02. The number of fused-ring (bicyclic) bond motifs is 1. The van der Waals surface area contributed by atoms with Crippen molar-refractivity contribution in [1.29, 1.82) is 0 Å². The van der Waals surface area contributed by atoms with Crippen LogP contribution in [0.1, 0.15) is 31.0 Å². The van der Waals surface area contributed by atoms with E-state index in [1.807, 2.05) is 6.21 Å². The highest BCUT2D eigenvalue weighted by Gasteiger charge is 2.15. The van der Waals surface area contributed by atoms with Gasteiger partial charge in [0.2, 0.25) is 0 Å². The molecule has 0 saturated carbocycles. The van der Waals surface area contributed by atoms with Gasteiger partial charge in [0.05, 0.1) is 5.69 Å². The van der Waals surface area contributed by atoms with Crippen LogP contribution in [-0.4, -0.2) is 16.2 Å². The highest BCUT2D eigenvalue weighted by Crippen LogP contribution is 2.27. The molecule has 0 aliphatic carbocycles. The first-order valence-electron chi connectivity index (χ1n) is 4.15. The number of hydrogen-bond donors (Lipinski definition) is 0. The Bertz CT molecular complexity index is 329. The Morgan fingerprint density at radius 1 is 1.33 bits per heavy atom. The van der Waals surface area contributed by atoms with Crippen molar-refractivity contribution in [3.8, 4) is 0 Å². The van der Waals surface area contributed by atoms with E-state index in [1.165, 1.54) is 5.56 Å². The van der Waals surface area contributed by atoms with E-state index in [-0.39, 0.29) is 0 Å². The van der Waals surface area contributed by atoms with Crippen molar-refractivity contribution < 1.29 is 0 Å². The topological polar surface area (TPSA) is 38.1 Å². The van der Waals surface area contributed by atoms with Crippen LogP contribution in [-0.2, 0) is 6.42 Å². The van der Waals surface area contributed by atoms with Crippen molar-refractivity contribution >= 4 is 12.0 Å². The van der Waals surface area contributed by atoms with Crippen LogP contribution >= 0.6 is 0 Å². The summed E-state index contributed by atoms with van der Waals surface area (Å²) in [5, 5.41) is 0. The van der Waals surface area contributed by atoms with E-state index in [4.69, 9.17) is 0 Å². The van der Waals surface area contributed by atoms with Gasteiger partial charge in [-0.05, 0) is 5.92 Å². The van der Waals surface area contributed by atoms with Crippen LogP contribution in [0, 0.1) is 0 Å². The summed E-state index contributed by atoms with van der Waals surface area (Å²) in [6, 6.07) is 0. The van der Waals surface area contributed by atoms with Gasteiger partial charge < -0.3 is 0 Å². The number of rotatable bonds is 1. The third-order valence-corrected chi connectivity index (χ3v) is 2.01. The molecule has 0 saturated heterocycles. The largest absolute Gasteiger partial charge is 0.241 e. The van der Waals surface area contributed by atoms with Crippen molar-refractivity contribution in [3.63, 3.8) is 0 Å². The molecular weight excluding hydrogens is 150 g/mol. The zero-order valence-corrected chi connectivity index (χ0v) is 7.28. The summed E-state index contributed by atoms with van der Waals surface area (Å²) in [5.74, 6) is 1.32. The van der Waals surface area contributed by atoms with E-state index in [9.17, 15) is 0 Å². The monoisotopic (exact) mass is 161 g/mol. The van der Waals surface area contributed by atoms with Crippen LogP contribution in [0.4, 0.5) is 5.82 Å². The van der Waals surface area contributed by atoms with Crippen LogP contribution in [0.25, 0.3) is 0 Å². The quantitative estimate of drug-likeness (QED) is 0.630. The molecule has 12 heavy (non-hydrogen) atoms. The van der Waals surface area contributed by atoms with Gasteiger partial charge in [0.1, 0.15) is 6.33 Å². The average Bonchev–Trinajstić information content (AvgIpc) is 2.49. The predicted molar refractivity (Wildman–Crippen MR) is 48.0 cm³/mol. The molecular formula is C9H11N3. The minimum Gasteiger partial charge on any atom is -0.241 e. The van der Waals surface area contributed by atoms with Gasteiger partial charge in [-0.15, -0.1) is 0 Å². The maximum absolute atomic E-state index is 4.26. The van der Waals surface area contributed by atoms with E-state index in [0.717, 1.165) is 17.9 Å². The van der Waals surface area contributed by atoms with Crippen LogP contribution in [0.3, 0.4) is 0 Å². The highest BCUT2D eigenvalue weighted by atomic mass is 15.0. The van der Waals surface area contributed by atoms with Crippen molar-refractivity contribution in [2.24, 2.45) is 4.99 Å². The fourth-order valence-electron chi connectivity index (χ4n) is 1.44. The van der Waals surface area contributed by atoms with Gasteiger partial charge in [0.15, 0.2) is 5.82 Å².